The van der Waals surface area contributed by atoms with Crippen molar-refractivity contribution < 1.29 is 28.4 Å². The number of hydrogen-bond donors (Lipinski definition) is 0. The van der Waals surface area contributed by atoms with Crippen LogP contribution in [-0.2, 0) is 31.8 Å². The van der Waals surface area contributed by atoms with Gasteiger partial charge in [-0.2, -0.15) is 9.46 Å². The molecule has 0 unspecified atom stereocenters. The molecule has 6 atom stereocenters. The Morgan fingerprint density at radius 1 is 0.658 bits per heavy atom. The Morgan fingerprint density at radius 2 is 1.03 bits per heavy atom. The minimum absolute atomic E-state index is 0.204. The molecule has 2 aliphatic heterocycles. The Balaban J connectivity index is 1.42. The van der Waals surface area contributed by atoms with Crippen molar-refractivity contribution in [3.05, 3.63) is 57.2 Å². The molecule has 0 radical (unpaired) electrons. The van der Waals surface area contributed by atoms with Crippen molar-refractivity contribution in [3.8, 4) is 11.4 Å². The van der Waals surface area contributed by atoms with E-state index in [1.165, 1.54) is 0 Å². The number of fused-ring (bicyclic) bond motifs is 6. The molecule has 0 aromatic carbocycles. The number of aryl methyl sites for hydroxylation is 2. The summed E-state index contributed by atoms with van der Waals surface area (Å²) in [7, 11) is 0. The van der Waals surface area contributed by atoms with Crippen LogP contribution in [0.15, 0.2) is 24.3 Å². The maximum atomic E-state index is 14.0. The topological polar surface area (TPSA) is 90.8 Å². The van der Waals surface area contributed by atoms with E-state index in [0.717, 1.165) is 46.3 Å². The van der Waals surface area contributed by atoms with Crippen molar-refractivity contribution in [2.75, 3.05) is 0 Å². The van der Waals surface area contributed by atoms with E-state index in [2.05, 4.69) is 41.5 Å². The predicted octanol–water partition coefficient (Wildman–Crippen LogP) is 4.95. The Hall–Kier alpha value is -2.26. The fourth-order valence-electron chi connectivity index (χ4n) is 6.16. The van der Waals surface area contributed by atoms with Gasteiger partial charge in [0.05, 0.1) is 12.2 Å². The zero-order valence-electron chi connectivity index (χ0n) is 23.8. The zero-order valence-corrected chi connectivity index (χ0v) is 23.8. The van der Waals surface area contributed by atoms with Gasteiger partial charge in [-0.15, -0.1) is 0 Å². The van der Waals surface area contributed by atoms with Gasteiger partial charge >= 0.3 is 0 Å². The molecule has 0 bridgehead atoms. The van der Waals surface area contributed by atoms with Crippen molar-refractivity contribution >= 4 is 0 Å². The SMILES string of the molecule is CC(C)(C)[C@@]1(C)O[C@H]2CCc3ccc(-c4ccc5c([n+]4[O-])[C@H]4O[C@@](C)(C(C)(C)C)O[C@H]4CC5)[n+]([O-])c3[C@H]2O1. The molecule has 2 aromatic rings. The van der Waals surface area contributed by atoms with Crippen LogP contribution in [0.3, 0.4) is 0 Å². The molecular formula is C30H40N2O6. The number of pyridine rings is 2. The van der Waals surface area contributed by atoms with Gasteiger partial charge in [0, 0.05) is 34.1 Å². The molecule has 4 heterocycles. The minimum atomic E-state index is -0.814. The van der Waals surface area contributed by atoms with E-state index < -0.39 is 23.8 Å². The lowest BCUT2D eigenvalue weighted by atomic mass is 9.87. The van der Waals surface area contributed by atoms with Gasteiger partial charge < -0.3 is 29.4 Å². The van der Waals surface area contributed by atoms with Gasteiger partial charge in [0.2, 0.25) is 11.4 Å². The second-order valence-corrected chi connectivity index (χ2v) is 13.7. The number of hydrogen-bond acceptors (Lipinski definition) is 6. The fourth-order valence-corrected chi connectivity index (χ4v) is 6.16. The predicted molar refractivity (Wildman–Crippen MR) is 140 cm³/mol. The van der Waals surface area contributed by atoms with Gasteiger partial charge in [-0.05, 0) is 51.7 Å². The third kappa shape index (κ3) is 3.64. The summed E-state index contributed by atoms with van der Waals surface area (Å²) in [6, 6.07) is 7.43. The molecule has 4 aliphatic rings. The van der Waals surface area contributed by atoms with Crippen LogP contribution < -0.4 is 9.46 Å². The first-order valence-corrected chi connectivity index (χ1v) is 13.9. The van der Waals surface area contributed by atoms with Crippen LogP contribution >= 0.6 is 0 Å². The highest BCUT2D eigenvalue weighted by molar-refractivity contribution is 5.50. The van der Waals surface area contributed by atoms with Crippen LogP contribution in [0, 0.1) is 21.2 Å². The van der Waals surface area contributed by atoms with Gasteiger partial charge in [-0.3, -0.25) is 0 Å². The quantitative estimate of drug-likeness (QED) is 0.387. The molecular weight excluding hydrogens is 484 g/mol. The van der Waals surface area contributed by atoms with Crippen molar-refractivity contribution in [3.63, 3.8) is 0 Å². The van der Waals surface area contributed by atoms with Gasteiger partial charge in [0.15, 0.2) is 23.8 Å². The highest BCUT2D eigenvalue weighted by Gasteiger charge is 2.57. The second kappa shape index (κ2) is 8.13. The Bertz CT molecular complexity index is 1200. The van der Waals surface area contributed by atoms with Crippen LogP contribution in [-0.4, -0.2) is 23.8 Å². The van der Waals surface area contributed by atoms with E-state index in [9.17, 15) is 10.4 Å². The van der Waals surface area contributed by atoms with Crippen LogP contribution in [0.4, 0.5) is 0 Å². The molecule has 0 spiro atoms. The number of aromatic nitrogens is 2. The largest absolute Gasteiger partial charge is 0.618 e. The monoisotopic (exact) mass is 524 g/mol. The molecule has 8 nitrogen and oxygen atoms in total. The average molecular weight is 525 g/mol. The molecule has 206 valence electrons. The van der Waals surface area contributed by atoms with Gasteiger partial charge in [-0.1, -0.05) is 41.5 Å². The van der Waals surface area contributed by atoms with Gasteiger partial charge in [0.25, 0.3) is 11.4 Å². The standard InChI is InChI=1S/C30H40N2O6/c1-27(2,3)29(7)35-21-15-11-17-9-13-19(31(33)23(17)25(21)37-29)20-14-10-18-12-16-22-26(24(18)32(20)34)38-30(8,36-22)28(4,5)6/h9-10,13-14,21-22,25-26H,11-12,15-16H2,1-8H3/t21-,22-,25-,26-,29-,30-/m0/s1. The van der Waals surface area contributed by atoms with Crippen LogP contribution in [0.25, 0.3) is 11.4 Å². The highest BCUT2D eigenvalue weighted by atomic mass is 16.8. The molecule has 0 N–H and O–H groups in total. The van der Waals surface area contributed by atoms with Crippen molar-refractivity contribution in [2.24, 2.45) is 10.8 Å². The van der Waals surface area contributed by atoms with Crippen molar-refractivity contribution in [2.45, 2.75) is 117 Å². The molecule has 2 aliphatic carbocycles. The maximum Gasteiger partial charge on any atom is 0.290 e. The summed E-state index contributed by atoms with van der Waals surface area (Å²) in [5.41, 5.74) is 3.03. The summed E-state index contributed by atoms with van der Waals surface area (Å²) in [5.74, 6) is -1.63. The van der Waals surface area contributed by atoms with Crippen molar-refractivity contribution in [1.29, 1.82) is 0 Å². The first-order chi connectivity index (χ1) is 17.6. The van der Waals surface area contributed by atoms with E-state index in [0.29, 0.717) is 22.8 Å². The average Bonchev–Trinajstić information content (AvgIpc) is 3.37. The molecule has 0 amide bonds. The smallest absolute Gasteiger partial charge is 0.290 e. The Morgan fingerprint density at radius 3 is 1.37 bits per heavy atom. The summed E-state index contributed by atoms with van der Waals surface area (Å²) in [6.45, 7) is 16.4. The lowest BCUT2D eigenvalue weighted by Gasteiger charge is -2.36. The molecule has 38 heavy (non-hydrogen) atoms. The minimum Gasteiger partial charge on any atom is -0.618 e. The molecule has 2 fully saturated rings. The summed E-state index contributed by atoms with van der Waals surface area (Å²) in [4.78, 5) is 0. The van der Waals surface area contributed by atoms with Crippen molar-refractivity contribution in [1.82, 2.24) is 0 Å². The molecule has 2 aromatic heterocycles. The van der Waals surface area contributed by atoms with E-state index in [4.69, 9.17) is 18.9 Å². The number of nitrogens with zero attached hydrogens (tertiary/aromatic N) is 2. The van der Waals surface area contributed by atoms with E-state index in [-0.39, 0.29) is 23.0 Å². The van der Waals surface area contributed by atoms with Crippen LogP contribution in [0.2, 0.25) is 0 Å². The first kappa shape index (κ1) is 26.0. The number of ether oxygens (including phenoxy) is 4. The summed E-state index contributed by atoms with van der Waals surface area (Å²) in [6.07, 6.45) is 1.65. The first-order valence-electron chi connectivity index (χ1n) is 13.9. The lowest BCUT2D eigenvalue weighted by molar-refractivity contribution is -0.639. The lowest BCUT2D eigenvalue weighted by Crippen LogP contribution is -2.47. The molecule has 8 heteroatoms. The fraction of sp³-hybridized carbons (Fsp3) is 0.667. The van der Waals surface area contributed by atoms with Gasteiger partial charge in [0.1, 0.15) is 0 Å². The third-order valence-corrected chi connectivity index (χ3v) is 9.47. The zero-order chi connectivity index (χ0) is 27.4. The third-order valence-electron chi connectivity index (χ3n) is 9.47. The Kier molecular flexibility index (Phi) is 5.56. The Labute approximate surface area is 225 Å². The van der Waals surface area contributed by atoms with E-state index >= 15 is 0 Å². The highest BCUT2D eigenvalue weighted by Crippen LogP contribution is 2.51. The maximum absolute atomic E-state index is 14.0. The normalized spacial score (nSPS) is 34.4. The second-order valence-electron chi connectivity index (χ2n) is 13.7. The summed E-state index contributed by atoms with van der Waals surface area (Å²) >= 11 is 0. The number of rotatable bonds is 1. The van der Waals surface area contributed by atoms with E-state index in [1.807, 2.05) is 26.0 Å². The molecule has 6 rings (SSSR count). The van der Waals surface area contributed by atoms with E-state index in [1.54, 1.807) is 12.1 Å². The van der Waals surface area contributed by atoms with Crippen LogP contribution in [0.1, 0.15) is 103 Å². The van der Waals surface area contributed by atoms with Crippen LogP contribution in [0.5, 0.6) is 0 Å². The summed E-state index contributed by atoms with van der Waals surface area (Å²) < 4.78 is 27.5. The van der Waals surface area contributed by atoms with Gasteiger partial charge in [-0.25, -0.2) is 0 Å². The molecule has 0 saturated carbocycles. The molecule has 2 saturated heterocycles. The summed E-state index contributed by atoms with van der Waals surface area (Å²) in [5, 5.41) is 27.9.